The van der Waals surface area contributed by atoms with E-state index in [1.54, 1.807) is 0 Å². The van der Waals surface area contributed by atoms with Crippen LogP contribution in [0.15, 0.2) is 40.9 Å². The number of nitrogens with one attached hydrogen (secondary N) is 1. The molecule has 0 fully saturated rings. The Morgan fingerprint density at radius 2 is 1.89 bits per heavy atom. The summed E-state index contributed by atoms with van der Waals surface area (Å²) in [4.78, 5) is 8.80. The topological polar surface area (TPSA) is 63.8 Å². The van der Waals surface area contributed by atoms with Crippen molar-refractivity contribution in [2.45, 2.75) is 19.9 Å². The second-order valence-electron chi connectivity index (χ2n) is 4.61. The number of pyridine rings is 1. The molecule has 2 aromatic heterocycles. The van der Waals surface area contributed by atoms with Gasteiger partial charge in [-0.3, -0.25) is 0 Å². The Hall–Kier alpha value is -2.43. The molecule has 0 spiro atoms. The molecule has 3 rings (SSSR count). The molecule has 2 heterocycles. The van der Waals surface area contributed by atoms with Crippen LogP contribution in [-0.2, 0) is 0 Å². The van der Waals surface area contributed by atoms with Gasteiger partial charge in [0.25, 0.3) is 0 Å². The molecule has 0 saturated heterocycles. The molecule has 3 aromatic rings. The van der Waals surface area contributed by atoms with Crippen LogP contribution in [0.5, 0.6) is 0 Å². The number of fused-ring (bicyclic) bond motifs is 1. The van der Waals surface area contributed by atoms with Crippen molar-refractivity contribution in [2.24, 2.45) is 0 Å². The average molecular weight is 254 g/mol. The SMILES string of the molecule is CC(C)Nc1nc(-c2ccc3ccccc3n2)no1. The van der Waals surface area contributed by atoms with Crippen LogP contribution in [0.1, 0.15) is 13.8 Å². The Kier molecular flexibility index (Phi) is 2.87. The van der Waals surface area contributed by atoms with Crippen LogP contribution in [0.3, 0.4) is 0 Å². The predicted octanol–water partition coefficient (Wildman–Crippen LogP) is 3.11. The summed E-state index contributed by atoms with van der Waals surface area (Å²) in [5, 5.41) is 8.09. The Bertz CT molecular complexity index is 705. The lowest BCUT2D eigenvalue weighted by Gasteiger charge is -2.01. The van der Waals surface area contributed by atoms with Crippen LogP contribution in [-0.4, -0.2) is 21.2 Å². The van der Waals surface area contributed by atoms with Crippen molar-refractivity contribution in [3.05, 3.63) is 36.4 Å². The van der Waals surface area contributed by atoms with E-state index >= 15 is 0 Å². The van der Waals surface area contributed by atoms with Crippen molar-refractivity contribution in [3.63, 3.8) is 0 Å². The van der Waals surface area contributed by atoms with Crippen LogP contribution in [0, 0.1) is 0 Å². The van der Waals surface area contributed by atoms with Gasteiger partial charge in [0.15, 0.2) is 0 Å². The van der Waals surface area contributed by atoms with Crippen LogP contribution in [0.25, 0.3) is 22.4 Å². The van der Waals surface area contributed by atoms with Gasteiger partial charge in [0, 0.05) is 11.4 Å². The second kappa shape index (κ2) is 4.68. The number of anilines is 1. The lowest BCUT2D eigenvalue weighted by atomic mass is 10.2. The number of aromatic nitrogens is 3. The Morgan fingerprint density at radius 1 is 1.05 bits per heavy atom. The van der Waals surface area contributed by atoms with Gasteiger partial charge in [0.2, 0.25) is 5.82 Å². The summed E-state index contributed by atoms with van der Waals surface area (Å²) in [6.07, 6.45) is 0. The number of benzene rings is 1. The van der Waals surface area contributed by atoms with E-state index in [-0.39, 0.29) is 6.04 Å². The smallest absolute Gasteiger partial charge is 0.322 e. The van der Waals surface area contributed by atoms with E-state index in [1.165, 1.54) is 0 Å². The summed E-state index contributed by atoms with van der Waals surface area (Å²) >= 11 is 0. The third-order valence-electron chi connectivity index (χ3n) is 2.67. The second-order valence-corrected chi connectivity index (χ2v) is 4.61. The van der Waals surface area contributed by atoms with Crippen molar-refractivity contribution in [3.8, 4) is 11.5 Å². The molecule has 0 saturated carbocycles. The summed E-state index contributed by atoms with van der Waals surface area (Å²) < 4.78 is 5.13. The van der Waals surface area contributed by atoms with Crippen LogP contribution in [0.2, 0.25) is 0 Å². The van der Waals surface area contributed by atoms with E-state index in [4.69, 9.17) is 4.52 Å². The van der Waals surface area contributed by atoms with E-state index in [2.05, 4.69) is 20.4 Å². The lowest BCUT2D eigenvalue weighted by Crippen LogP contribution is -2.09. The first kappa shape index (κ1) is 11.6. The van der Waals surface area contributed by atoms with Gasteiger partial charge < -0.3 is 9.84 Å². The third kappa shape index (κ3) is 2.40. The van der Waals surface area contributed by atoms with Gasteiger partial charge >= 0.3 is 6.01 Å². The molecule has 96 valence electrons. The molecule has 0 bridgehead atoms. The van der Waals surface area contributed by atoms with Crippen molar-refractivity contribution in [1.29, 1.82) is 0 Å². The van der Waals surface area contributed by atoms with E-state index in [0.29, 0.717) is 17.5 Å². The Labute approximate surface area is 110 Å². The fraction of sp³-hybridized carbons (Fsp3) is 0.214. The molecule has 5 heteroatoms. The highest BCUT2D eigenvalue weighted by atomic mass is 16.5. The van der Waals surface area contributed by atoms with Gasteiger partial charge in [0.05, 0.1) is 5.52 Å². The van der Waals surface area contributed by atoms with Crippen LogP contribution < -0.4 is 5.32 Å². The first-order valence-electron chi connectivity index (χ1n) is 6.19. The highest BCUT2D eigenvalue weighted by molar-refractivity contribution is 5.80. The number of hydrogen-bond donors (Lipinski definition) is 1. The van der Waals surface area contributed by atoms with Crippen molar-refractivity contribution < 1.29 is 4.52 Å². The molecule has 0 amide bonds. The Balaban J connectivity index is 1.97. The van der Waals surface area contributed by atoms with Gasteiger partial charge in [0.1, 0.15) is 5.69 Å². The van der Waals surface area contributed by atoms with E-state index in [1.807, 2.05) is 50.2 Å². The van der Waals surface area contributed by atoms with E-state index < -0.39 is 0 Å². The summed E-state index contributed by atoms with van der Waals surface area (Å²) in [6.45, 7) is 4.02. The Morgan fingerprint density at radius 3 is 2.74 bits per heavy atom. The number of rotatable bonds is 3. The fourth-order valence-corrected chi connectivity index (χ4v) is 1.82. The zero-order valence-corrected chi connectivity index (χ0v) is 10.8. The molecule has 0 radical (unpaired) electrons. The van der Waals surface area contributed by atoms with Gasteiger partial charge in [-0.05, 0) is 26.0 Å². The quantitative estimate of drug-likeness (QED) is 0.778. The molecule has 0 aliphatic carbocycles. The van der Waals surface area contributed by atoms with Crippen molar-refractivity contribution in [1.82, 2.24) is 15.1 Å². The van der Waals surface area contributed by atoms with Gasteiger partial charge in [-0.25, -0.2) is 4.98 Å². The highest BCUT2D eigenvalue weighted by Gasteiger charge is 2.10. The fourth-order valence-electron chi connectivity index (χ4n) is 1.82. The maximum absolute atomic E-state index is 5.13. The lowest BCUT2D eigenvalue weighted by molar-refractivity contribution is 0.429. The van der Waals surface area contributed by atoms with Gasteiger partial charge in [-0.2, -0.15) is 4.98 Å². The predicted molar refractivity (Wildman–Crippen MR) is 73.8 cm³/mol. The van der Waals surface area contributed by atoms with Gasteiger partial charge in [-0.15, -0.1) is 0 Å². The largest absolute Gasteiger partial charge is 0.336 e. The molecule has 19 heavy (non-hydrogen) atoms. The number of para-hydroxylation sites is 1. The monoisotopic (exact) mass is 254 g/mol. The normalized spacial score (nSPS) is 11.1. The molecular formula is C14H14N4O. The molecule has 1 aromatic carbocycles. The summed E-state index contributed by atoms with van der Waals surface area (Å²) in [7, 11) is 0. The molecule has 0 aliphatic rings. The molecule has 0 atom stereocenters. The summed E-state index contributed by atoms with van der Waals surface area (Å²) in [5.74, 6) is 0.494. The first-order chi connectivity index (χ1) is 9.22. The van der Waals surface area contributed by atoms with Crippen LogP contribution in [0.4, 0.5) is 6.01 Å². The minimum atomic E-state index is 0.248. The highest BCUT2D eigenvalue weighted by Crippen LogP contribution is 2.19. The minimum Gasteiger partial charge on any atom is -0.336 e. The zero-order valence-electron chi connectivity index (χ0n) is 10.8. The maximum atomic E-state index is 5.13. The summed E-state index contributed by atoms with van der Waals surface area (Å²) in [5.41, 5.74) is 1.63. The number of nitrogens with zero attached hydrogens (tertiary/aromatic N) is 3. The molecule has 5 nitrogen and oxygen atoms in total. The summed E-state index contributed by atoms with van der Waals surface area (Å²) in [6, 6.07) is 12.5. The third-order valence-corrected chi connectivity index (χ3v) is 2.67. The molecule has 1 N–H and O–H groups in total. The van der Waals surface area contributed by atoms with Crippen molar-refractivity contribution in [2.75, 3.05) is 5.32 Å². The first-order valence-corrected chi connectivity index (χ1v) is 6.19. The number of hydrogen-bond acceptors (Lipinski definition) is 5. The van der Waals surface area contributed by atoms with Gasteiger partial charge in [-0.1, -0.05) is 29.4 Å². The molecular weight excluding hydrogens is 240 g/mol. The van der Waals surface area contributed by atoms with E-state index in [0.717, 1.165) is 10.9 Å². The molecule has 0 unspecified atom stereocenters. The van der Waals surface area contributed by atoms with E-state index in [9.17, 15) is 0 Å². The average Bonchev–Trinajstić information content (AvgIpc) is 2.86. The van der Waals surface area contributed by atoms with Crippen LogP contribution >= 0.6 is 0 Å². The molecule has 0 aliphatic heterocycles. The standard InChI is InChI=1S/C14H14N4O/c1-9(2)15-14-17-13(18-19-14)12-8-7-10-5-3-4-6-11(10)16-12/h3-9H,1-2H3,(H,15,17,18). The maximum Gasteiger partial charge on any atom is 0.322 e. The zero-order chi connectivity index (χ0) is 13.2. The minimum absolute atomic E-state index is 0.248. The van der Waals surface area contributed by atoms with Crippen molar-refractivity contribution >= 4 is 16.9 Å².